The van der Waals surface area contributed by atoms with Crippen molar-refractivity contribution < 1.29 is 4.79 Å². The van der Waals surface area contributed by atoms with Crippen LogP contribution in [0.4, 0.5) is 5.69 Å². The molecule has 1 amide bonds. The molecular weight excluding hydrogens is 418 g/mol. The van der Waals surface area contributed by atoms with Gasteiger partial charge in [-0.15, -0.1) is 0 Å². The Morgan fingerprint density at radius 2 is 1.66 bits per heavy atom. The largest absolute Gasteiger partial charge is 0.325 e. The van der Waals surface area contributed by atoms with Gasteiger partial charge in [0.25, 0.3) is 5.56 Å². The summed E-state index contributed by atoms with van der Waals surface area (Å²) in [6.07, 6.45) is 0. The summed E-state index contributed by atoms with van der Waals surface area (Å²) in [5, 5.41) is 4.11. The lowest BCUT2D eigenvalue weighted by atomic mass is 10.0. The van der Waals surface area contributed by atoms with Gasteiger partial charge in [-0.3, -0.25) is 14.2 Å². The van der Waals surface area contributed by atoms with Crippen molar-refractivity contribution in [3.05, 3.63) is 100 Å². The van der Waals surface area contributed by atoms with Crippen LogP contribution >= 0.6 is 11.8 Å². The Hall–Kier alpha value is -3.38. The van der Waals surface area contributed by atoms with Crippen molar-refractivity contribution in [2.24, 2.45) is 0 Å². The summed E-state index contributed by atoms with van der Waals surface area (Å²) >= 11 is 1.28. The fraction of sp³-hybridized carbons (Fsp3) is 0.192. The van der Waals surface area contributed by atoms with Crippen molar-refractivity contribution in [3.63, 3.8) is 0 Å². The van der Waals surface area contributed by atoms with Crippen molar-refractivity contribution in [2.45, 2.75) is 31.5 Å². The Kier molecular flexibility index (Phi) is 6.71. The number of hydrogen-bond donors (Lipinski definition) is 1. The van der Waals surface area contributed by atoms with Crippen LogP contribution in [0, 0.1) is 0 Å². The molecule has 6 heteroatoms. The number of fused-ring (bicyclic) bond motifs is 1. The number of benzene rings is 3. The molecule has 0 atom stereocenters. The van der Waals surface area contributed by atoms with Gasteiger partial charge in [0.1, 0.15) is 0 Å². The van der Waals surface area contributed by atoms with Gasteiger partial charge in [0.05, 0.1) is 23.2 Å². The van der Waals surface area contributed by atoms with Gasteiger partial charge in [0, 0.05) is 5.69 Å². The van der Waals surface area contributed by atoms with E-state index in [1.165, 1.54) is 11.8 Å². The number of thioether (sulfide) groups is 1. The number of rotatable bonds is 7. The molecule has 0 aliphatic carbocycles. The summed E-state index contributed by atoms with van der Waals surface area (Å²) in [6.45, 7) is 4.60. The van der Waals surface area contributed by atoms with E-state index in [0.29, 0.717) is 28.5 Å². The van der Waals surface area contributed by atoms with Crippen molar-refractivity contribution in [2.75, 3.05) is 11.1 Å². The van der Waals surface area contributed by atoms with Gasteiger partial charge in [-0.2, -0.15) is 0 Å². The van der Waals surface area contributed by atoms with Crippen molar-refractivity contribution in [1.82, 2.24) is 9.55 Å². The first-order valence-corrected chi connectivity index (χ1v) is 11.6. The average molecular weight is 444 g/mol. The smallest absolute Gasteiger partial charge is 0.262 e. The molecule has 5 nitrogen and oxygen atoms in total. The molecule has 1 N–H and O–H groups in total. The molecule has 4 rings (SSSR count). The van der Waals surface area contributed by atoms with Crippen LogP contribution in [-0.4, -0.2) is 21.2 Å². The summed E-state index contributed by atoms with van der Waals surface area (Å²) in [5.74, 6) is 0.334. The standard InChI is InChI=1S/C26H25N3O2S/c1-18(2)20-12-6-8-14-22(20)27-24(30)17-32-26-28-23-15-9-7-13-21(23)25(31)29(26)16-19-10-4-3-5-11-19/h3-15,18H,16-17H2,1-2H3,(H,27,30). The summed E-state index contributed by atoms with van der Waals surface area (Å²) in [4.78, 5) is 30.7. The fourth-order valence-electron chi connectivity index (χ4n) is 3.59. The van der Waals surface area contributed by atoms with Crippen LogP contribution in [-0.2, 0) is 11.3 Å². The van der Waals surface area contributed by atoms with Crippen molar-refractivity contribution >= 4 is 34.3 Å². The molecule has 4 aromatic rings. The highest BCUT2D eigenvalue weighted by Crippen LogP contribution is 2.24. The molecule has 0 aliphatic rings. The van der Waals surface area contributed by atoms with E-state index in [0.717, 1.165) is 16.8 Å². The number of aromatic nitrogens is 2. The molecule has 0 saturated heterocycles. The lowest BCUT2D eigenvalue weighted by Gasteiger charge is -2.15. The maximum atomic E-state index is 13.2. The highest BCUT2D eigenvalue weighted by atomic mass is 32.2. The lowest BCUT2D eigenvalue weighted by Crippen LogP contribution is -2.25. The number of anilines is 1. The minimum atomic E-state index is -0.128. The van der Waals surface area contributed by atoms with E-state index >= 15 is 0 Å². The predicted molar refractivity (Wildman–Crippen MR) is 131 cm³/mol. The fourth-order valence-corrected chi connectivity index (χ4v) is 4.39. The van der Waals surface area contributed by atoms with Gasteiger partial charge in [-0.1, -0.05) is 86.3 Å². The maximum absolute atomic E-state index is 13.2. The maximum Gasteiger partial charge on any atom is 0.262 e. The third-order valence-electron chi connectivity index (χ3n) is 5.20. The summed E-state index contributed by atoms with van der Waals surface area (Å²) in [5.41, 5.74) is 3.45. The number of amides is 1. The zero-order valence-corrected chi connectivity index (χ0v) is 18.9. The quantitative estimate of drug-likeness (QED) is 0.311. The second-order valence-electron chi connectivity index (χ2n) is 7.87. The number of nitrogens with one attached hydrogen (secondary N) is 1. The second-order valence-corrected chi connectivity index (χ2v) is 8.81. The highest BCUT2D eigenvalue weighted by molar-refractivity contribution is 7.99. The van der Waals surface area contributed by atoms with E-state index in [-0.39, 0.29) is 17.2 Å². The molecule has 0 spiro atoms. The molecule has 0 fully saturated rings. The normalized spacial score (nSPS) is 11.1. The molecule has 1 aromatic heterocycles. The summed E-state index contributed by atoms with van der Waals surface area (Å²) in [7, 11) is 0. The zero-order chi connectivity index (χ0) is 22.5. The molecule has 0 bridgehead atoms. The summed E-state index contributed by atoms with van der Waals surface area (Å²) < 4.78 is 1.65. The Morgan fingerprint density at radius 3 is 2.44 bits per heavy atom. The van der Waals surface area contributed by atoms with Crippen molar-refractivity contribution in [3.8, 4) is 0 Å². The van der Waals surface area contributed by atoms with Crippen LogP contribution in [0.3, 0.4) is 0 Å². The van der Waals surface area contributed by atoms with Crippen LogP contribution in [0.25, 0.3) is 10.9 Å². The predicted octanol–water partition coefficient (Wildman–Crippen LogP) is 5.30. The van der Waals surface area contributed by atoms with Crippen LogP contribution in [0.1, 0.15) is 30.9 Å². The van der Waals surface area contributed by atoms with Crippen LogP contribution in [0.2, 0.25) is 0 Å². The van der Waals surface area contributed by atoms with Crippen LogP contribution in [0.5, 0.6) is 0 Å². The molecule has 1 heterocycles. The second kappa shape index (κ2) is 9.83. The molecular formula is C26H25N3O2S. The zero-order valence-electron chi connectivity index (χ0n) is 18.1. The lowest BCUT2D eigenvalue weighted by molar-refractivity contribution is -0.113. The van der Waals surface area contributed by atoms with Gasteiger partial charge < -0.3 is 5.32 Å². The Bertz CT molecular complexity index is 1300. The minimum Gasteiger partial charge on any atom is -0.325 e. The Morgan fingerprint density at radius 1 is 0.969 bits per heavy atom. The van der Waals surface area contributed by atoms with Gasteiger partial charge in [-0.25, -0.2) is 4.98 Å². The van der Waals surface area contributed by atoms with Gasteiger partial charge in [0.2, 0.25) is 5.91 Å². The molecule has 32 heavy (non-hydrogen) atoms. The third kappa shape index (κ3) is 4.92. The van der Waals surface area contributed by atoms with Gasteiger partial charge >= 0.3 is 0 Å². The first-order chi connectivity index (χ1) is 15.5. The Balaban J connectivity index is 1.60. The van der Waals surface area contributed by atoms with Crippen LogP contribution in [0.15, 0.2) is 88.8 Å². The number of hydrogen-bond acceptors (Lipinski definition) is 4. The van der Waals surface area contributed by atoms with E-state index in [1.807, 2.05) is 72.8 Å². The van der Waals surface area contributed by atoms with E-state index < -0.39 is 0 Å². The van der Waals surface area contributed by atoms with E-state index in [2.05, 4.69) is 19.2 Å². The SMILES string of the molecule is CC(C)c1ccccc1NC(=O)CSc1nc2ccccc2c(=O)n1Cc1ccccc1. The minimum absolute atomic E-state index is 0.104. The van der Waals surface area contributed by atoms with E-state index in [4.69, 9.17) is 4.98 Å². The molecule has 0 saturated carbocycles. The third-order valence-corrected chi connectivity index (χ3v) is 6.18. The van der Waals surface area contributed by atoms with E-state index in [9.17, 15) is 9.59 Å². The topological polar surface area (TPSA) is 64.0 Å². The molecule has 0 unspecified atom stereocenters. The van der Waals surface area contributed by atoms with Crippen molar-refractivity contribution in [1.29, 1.82) is 0 Å². The van der Waals surface area contributed by atoms with E-state index in [1.54, 1.807) is 10.6 Å². The number of nitrogens with zero attached hydrogens (tertiary/aromatic N) is 2. The molecule has 0 aliphatic heterocycles. The monoisotopic (exact) mass is 443 g/mol. The first kappa shape index (κ1) is 21.8. The number of carbonyl (C=O) groups excluding carboxylic acids is 1. The molecule has 3 aromatic carbocycles. The van der Waals surface area contributed by atoms with Crippen LogP contribution < -0.4 is 10.9 Å². The van der Waals surface area contributed by atoms with Gasteiger partial charge in [0.15, 0.2) is 5.16 Å². The average Bonchev–Trinajstić information content (AvgIpc) is 2.81. The van der Waals surface area contributed by atoms with Gasteiger partial charge in [-0.05, 0) is 35.2 Å². The number of carbonyl (C=O) groups is 1. The molecule has 0 radical (unpaired) electrons. The highest BCUT2D eigenvalue weighted by Gasteiger charge is 2.15. The first-order valence-electron chi connectivity index (χ1n) is 10.6. The number of para-hydroxylation sites is 2. The Labute approximate surface area is 191 Å². The molecule has 162 valence electrons. The summed E-state index contributed by atoms with van der Waals surface area (Å²) in [6, 6.07) is 24.9.